The molecule has 0 spiro atoms. The molecule has 20 heavy (non-hydrogen) atoms. The number of carboxylic acid groups (broad SMARTS) is 1. The second-order valence-corrected chi connectivity index (χ2v) is 5.29. The van der Waals surface area contributed by atoms with Crippen LogP contribution in [0.15, 0.2) is 24.3 Å². The predicted molar refractivity (Wildman–Crippen MR) is 77.3 cm³/mol. The number of hydrogen-bond donors (Lipinski definition) is 2. The van der Waals surface area contributed by atoms with Crippen molar-refractivity contribution in [2.24, 2.45) is 11.8 Å². The Kier molecular flexibility index (Phi) is 7.23. The number of hydrogen-bond acceptors (Lipinski definition) is 3. The van der Waals surface area contributed by atoms with Crippen molar-refractivity contribution < 1.29 is 19.8 Å². The van der Waals surface area contributed by atoms with Gasteiger partial charge in [-0.1, -0.05) is 25.2 Å². The van der Waals surface area contributed by atoms with Crippen LogP contribution in [0.3, 0.4) is 0 Å². The van der Waals surface area contributed by atoms with Gasteiger partial charge in [-0.3, -0.25) is 9.59 Å². The van der Waals surface area contributed by atoms with Gasteiger partial charge in [0.05, 0.1) is 6.10 Å². The number of aliphatic carboxylic acids is 1. The van der Waals surface area contributed by atoms with Crippen LogP contribution >= 0.6 is 0 Å². The highest BCUT2D eigenvalue weighted by Crippen LogP contribution is 2.35. The first-order valence-corrected chi connectivity index (χ1v) is 7.30. The summed E-state index contributed by atoms with van der Waals surface area (Å²) in [5.74, 6) is -0.307. The molecule has 0 aromatic carbocycles. The molecule has 1 aliphatic rings. The Morgan fingerprint density at radius 2 is 2.00 bits per heavy atom. The van der Waals surface area contributed by atoms with E-state index in [0.717, 1.165) is 19.3 Å². The smallest absolute Gasteiger partial charge is 0.303 e. The molecule has 2 N–H and O–H groups in total. The minimum atomic E-state index is -0.797. The predicted octanol–water partition coefficient (Wildman–Crippen LogP) is 2.72. The zero-order valence-electron chi connectivity index (χ0n) is 12.0. The molecule has 0 heterocycles. The summed E-state index contributed by atoms with van der Waals surface area (Å²) in [7, 11) is 0. The summed E-state index contributed by atoms with van der Waals surface area (Å²) < 4.78 is 0. The Hall–Kier alpha value is -1.42. The van der Waals surface area contributed by atoms with Crippen LogP contribution < -0.4 is 0 Å². The number of carboxylic acids is 1. The Balaban J connectivity index is 2.45. The molecular formula is C16H24O4. The van der Waals surface area contributed by atoms with Gasteiger partial charge in [0.15, 0.2) is 5.78 Å². The number of carbonyl (C=O) groups is 2. The molecule has 4 nitrogen and oxygen atoms in total. The molecule has 3 atom stereocenters. The minimum absolute atomic E-state index is 0.113. The molecule has 4 heteroatoms. The van der Waals surface area contributed by atoms with E-state index < -0.39 is 5.97 Å². The molecule has 0 aromatic heterocycles. The van der Waals surface area contributed by atoms with Gasteiger partial charge in [0, 0.05) is 12.8 Å². The third-order valence-electron chi connectivity index (χ3n) is 3.82. The lowest BCUT2D eigenvalue weighted by Crippen LogP contribution is -2.17. The highest BCUT2D eigenvalue weighted by atomic mass is 16.4. The number of carbonyl (C=O) groups excluding carboxylic acids is 1. The van der Waals surface area contributed by atoms with Gasteiger partial charge < -0.3 is 10.2 Å². The van der Waals surface area contributed by atoms with Crippen molar-refractivity contribution in [2.45, 2.75) is 51.6 Å². The summed E-state index contributed by atoms with van der Waals surface area (Å²) >= 11 is 0. The summed E-state index contributed by atoms with van der Waals surface area (Å²) in [4.78, 5) is 21.7. The van der Waals surface area contributed by atoms with Gasteiger partial charge in [-0.05, 0) is 43.6 Å². The van der Waals surface area contributed by atoms with Crippen LogP contribution in [0.4, 0.5) is 0 Å². The lowest BCUT2D eigenvalue weighted by Gasteiger charge is -2.17. The van der Waals surface area contributed by atoms with E-state index in [0.29, 0.717) is 12.8 Å². The molecule has 0 bridgehead atoms. The number of ketones is 1. The van der Waals surface area contributed by atoms with E-state index in [2.05, 4.69) is 0 Å². The van der Waals surface area contributed by atoms with Crippen molar-refractivity contribution in [3.8, 4) is 0 Å². The molecule has 0 aromatic rings. The van der Waals surface area contributed by atoms with Crippen LogP contribution in [-0.4, -0.2) is 28.1 Å². The van der Waals surface area contributed by atoms with E-state index in [4.69, 9.17) is 5.11 Å². The van der Waals surface area contributed by atoms with E-state index in [1.54, 1.807) is 6.08 Å². The number of aliphatic hydroxyl groups is 1. The average molecular weight is 280 g/mol. The fourth-order valence-corrected chi connectivity index (χ4v) is 2.57. The Morgan fingerprint density at radius 1 is 1.25 bits per heavy atom. The zero-order chi connectivity index (χ0) is 15.0. The van der Waals surface area contributed by atoms with Crippen molar-refractivity contribution in [3.05, 3.63) is 24.3 Å². The van der Waals surface area contributed by atoms with E-state index >= 15 is 0 Å². The van der Waals surface area contributed by atoms with Crippen LogP contribution in [0, 0.1) is 11.8 Å². The van der Waals surface area contributed by atoms with Gasteiger partial charge in [-0.25, -0.2) is 0 Å². The van der Waals surface area contributed by atoms with Crippen molar-refractivity contribution in [3.63, 3.8) is 0 Å². The molecule has 3 unspecified atom stereocenters. The topological polar surface area (TPSA) is 74.6 Å². The molecule has 0 aliphatic heterocycles. The first-order chi connectivity index (χ1) is 9.54. The summed E-state index contributed by atoms with van der Waals surface area (Å²) in [5, 5.41) is 18.5. The largest absolute Gasteiger partial charge is 0.481 e. The standard InChI is InChI=1S/C16H24O4/c1-2-13(17)10-8-12-9-11-15(18)14(12)6-4-3-5-7-16(19)20/h3-4,8,10,12,14-15,18H,2,5-7,9,11H2,1H3,(H,19,20)/b4-3+,10-8+. The van der Waals surface area contributed by atoms with Crippen LogP contribution in [0.1, 0.15) is 45.4 Å². The maximum Gasteiger partial charge on any atom is 0.303 e. The van der Waals surface area contributed by atoms with Gasteiger partial charge in [0.25, 0.3) is 0 Å². The summed E-state index contributed by atoms with van der Waals surface area (Å²) in [6, 6.07) is 0. The number of rotatable bonds is 8. The van der Waals surface area contributed by atoms with Crippen LogP contribution in [-0.2, 0) is 9.59 Å². The number of allylic oxidation sites excluding steroid dienone is 4. The normalized spacial score (nSPS) is 26.6. The minimum Gasteiger partial charge on any atom is -0.481 e. The first-order valence-electron chi connectivity index (χ1n) is 7.30. The Labute approximate surface area is 120 Å². The highest BCUT2D eigenvalue weighted by molar-refractivity contribution is 5.89. The van der Waals surface area contributed by atoms with Gasteiger partial charge in [0.1, 0.15) is 0 Å². The summed E-state index contributed by atoms with van der Waals surface area (Å²) in [6.07, 6.45) is 10.6. The van der Waals surface area contributed by atoms with Gasteiger partial charge >= 0.3 is 5.97 Å². The molecule has 112 valence electrons. The SMILES string of the molecule is CCC(=O)/C=C/C1CCC(O)C1C/C=C/CCC(=O)O. The van der Waals surface area contributed by atoms with Crippen LogP contribution in [0.25, 0.3) is 0 Å². The lowest BCUT2D eigenvalue weighted by atomic mass is 9.90. The van der Waals surface area contributed by atoms with Crippen molar-refractivity contribution in [1.29, 1.82) is 0 Å². The van der Waals surface area contributed by atoms with E-state index in [1.165, 1.54) is 0 Å². The maximum atomic E-state index is 11.3. The third-order valence-corrected chi connectivity index (χ3v) is 3.82. The van der Waals surface area contributed by atoms with E-state index in [-0.39, 0.29) is 30.1 Å². The Morgan fingerprint density at radius 3 is 2.65 bits per heavy atom. The van der Waals surface area contributed by atoms with Gasteiger partial charge in [-0.15, -0.1) is 0 Å². The molecule has 1 aliphatic carbocycles. The molecule has 1 rings (SSSR count). The fourth-order valence-electron chi connectivity index (χ4n) is 2.57. The van der Waals surface area contributed by atoms with Crippen LogP contribution in [0.5, 0.6) is 0 Å². The number of aliphatic hydroxyl groups excluding tert-OH is 1. The molecular weight excluding hydrogens is 256 g/mol. The monoisotopic (exact) mass is 280 g/mol. The van der Waals surface area contributed by atoms with Crippen molar-refractivity contribution >= 4 is 11.8 Å². The molecule has 1 saturated carbocycles. The second-order valence-electron chi connectivity index (χ2n) is 5.29. The molecule has 0 saturated heterocycles. The lowest BCUT2D eigenvalue weighted by molar-refractivity contribution is -0.136. The first kappa shape index (κ1) is 16.6. The maximum absolute atomic E-state index is 11.3. The quantitative estimate of drug-likeness (QED) is 0.529. The summed E-state index contributed by atoms with van der Waals surface area (Å²) in [5.41, 5.74) is 0. The zero-order valence-corrected chi connectivity index (χ0v) is 12.0. The van der Waals surface area contributed by atoms with Gasteiger partial charge in [-0.2, -0.15) is 0 Å². The Bertz CT molecular complexity index is 384. The third kappa shape index (κ3) is 5.70. The second kappa shape index (κ2) is 8.69. The van der Waals surface area contributed by atoms with Gasteiger partial charge in [0.2, 0.25) is 0 Å². The van der Waals surface area contributed by atoms with Crippen LogP contribution in [0.2, 0.25) is 0 Å². The molecule has 0 amide bonds. The van der Waals surface area contributed by atoms with E-state index in [1.807, 2.05) is 25.2 Å². The van der Waals surface area contributed by atoms with E-state index in [9.17, 15) is 14.7 Å². The van der Waals surface area contributed by atoms with Crippen molar-refractivity contribution in [2.75, 3.05) is 0 Å². The fraction of sp³-hybridized carbons (Fsp3) is 0.625. The summed E-state index contributed by atoms with van der Waals surface area (Å²) in [6.45, 7) is 1.83. The highest BCUT2D eigenvalue weighted by Gasteiger charge is 2.32. The average Bonchev–Trinajstić information content (AvgIpc) is 2.76. The van der Waals surface area contributed by atoms with Crippen molar-refractivity contribution in [1.82, 2.24) is 0 Å². The molecule has 0 radical (unpaired) electrons. The molecule has 1 fully saturated rings.